The third-order valence-electron chi connectivity index (χ3n) is 8.20. The SMILES string of the molecule is C[C@]12CC[C@@H]3c4ccc(O[Si](C)(C)C)c(N[Si](C)(C)C)c4CC[C@H]3[C@@H]1CCC2O[Si](C)(C)C. The first-order chi connectivity index (χ1) is 15.1. The number of hydrogen-bond acceptors (Lipinski definition) is 3. The van der Waals surface area contributed by atoms with Gasteiger partial charge in [0.25, 0.3) is 0 Å². The average molecular weight is 504 g/mol. The van der Waals surface area contributed by atoms with Crippen molar-refractivity contribution < 1.29 is 8.85 Å². The second-order valence-corrected chi connectivity index (χ2v) is 28.0. The number of anilines is 1. The first-order valence-corrected chi connectivity index (χ1v) is 23.7. The van der Waals surface area contributed by atoms with Crippen molar-refractivity contribution in [3.8, 4) is 5.75 Å². The fourth-order valence-corrected chi connectivity index (χ4v) is 10.2. The summed E-state index contributed by atoms with van der Waals surface area (Å²) >= 11 is 0. The Kier molecular flexibility index (Phi) is 6.59. The Morgan fingerprint density at radius 2 is 1.58 bits per heavy atom. The molecule has 5 atom stereocenters. The summed E-state index contributed by atoms with van der Waals surface area (Å²) in [5.41, 5.74) is 4.92. The molecule has 4 rings (SSSR count). The van der Waals surface area contributed by atoms with Gasteiger partial charge in [0.2, 0.25) is 8.32 Å². The van der Waals surface area contributed by atoms with Gasteiger partial charge in [-0.1, -0.05) is 32.6 Å². The zero-order chi connectivity index (χ0) is 24.4. The van der Waals surface area contributed by atoms with Crippen molar-refractivity contribution in [3.63, 3.8) is 0 Å². The molecule has 0 heterocycles. The fourth-order valence-electron chi connectivity index (χ4n) is 7.15. The quantitative estimate of drug-likeness (QED) is 0.397. The standard InChI is InChI=1S/C27H49NO2Si3/c1-27-18-17-20-19-13-15-24(29-32(5,6)7)26(28-31(2,3)4)22(19)12-11-21(20)23(27)14-16-25(27)30-33(8,9)10/h13,15,20-21,23,25,28H,11-12,14,16-18H2,1-10H3/t20-,21-,23+,25?,27+/m1/s1. The molecule has 0 saturated heterocycles. The highest BCUT2D eigenvalue weighted by Gasteiger charge is 2.56. The van der Waals surface area contributed by atoms with Crippen LogP contribution in [0.25, 0.3) is 0 Å². The summed E-state index contributed by atoms with van der Waals surface area (Å²) in [6, 6.07) is 4.76. The summed E-state index contributed by atoms with van der Waals surface area (Å²) in [4.78, 5) is 4.00. The van der Waals surface area contributed by atoms with E-state index in [1.807, 2.05) is 0 Å². The highest BCUT2D eigenvalue weighted by Crippen LogP contribution is 2.62. The number of benzene rings is 1. The molecule has 0 amide bonds. The summed E-state index contributed by atoms with van der Waals surface area (Å²) < 4.78 is 13.4. The average Bonchev–Trinajstić information content (AvgIpc) is 2.96. The van der Waals surface area contributed by atoms with Gasteiger partial charge in [0.1, 0.15) is 14.0 Å². The topological polar surface area (TPSA) is 30.5 Å². The molecule has 0 bridgehead atoms. The third kappa shape index (κ3) is 5.34. The van der Waals surface area contributed by atoms with Crippen molar-refractivity contribution in [1.82, 2.24) is 0 Å². The van der Waals surface area contributed by atoms with Crippen molar-refractivity contribution in [1.29, 1.82) is 0 Å². The lowest BCUT2D eigenvalue weighted by molar-refractivity contribution is -0.0140. The molecule has 3 aliphatic carbocycles. The molecule has 1 unspecified atom stereocenters. The summed E-state index contributed by atoms with van der Waals surface area (Å²) in [6.07, 6.45) is 8.26. The molecular weight excluding hydrogens is 455 g/mol. The first-order valence-electron chi connectivity index (χ1n) is 13.4. The van der Waals surface area contributed by atoms with Crippen molar-refractivity contribution >= 4 is 30.6 Å². The Hall–Kier alpha value is -0.569. The highest BCUT2D eigenvalue weighted by molar-refractivity contribution is 6.79. The molecule has 1 aromatic rings. The van der Waals surface area contributed by atoms with E-state index >= 15 is 0 Å². The van der Waals surface area contributed by atoms with E-state index in [1.54, 1.807) is 11.1 Å². The molecule has 3 aliphatic rings. The van der Waals surface area contributed by atoms with E-state index in [4.69, 9.17) is 8.85 Å². The monoisotopic (exact) mass is 503 g/mol. The minimum atomic E-state index is -1.67. The highest BCUT2D eigenvalue weighted by atomic mass is 28.4. The zero-order valence-corrected chi connectivity index (χ0v) is 26.0. The molecule has 186 valence electrons. The van der Waals surface area contributed by atoms with Crippen LogP contribution in [0.1, 0.15) is 56.1 Å². The van der Waals surface area contributed by atoms with Crippen LogP contribution in [0.2, 0.25) is 58.9 Å². The Morgan fingerprint density at radius 3 is 2.18 bits per heavy atom. The number of fused-ring (bicyclic) bond motifs is 5. The normalized spacial score (nSPS) is 32.1. The molecule has 0 radical (unpaired) electrons. The van der Waals surface area contributed by atoms with E-state index in [0.717, 1.165) is 17.6 Å². The van der Waals surface area contributed by atoms with Gasteiger partial charge in [-0.3, -0.25) is 0 Å². The molecule has 0 spiro atoms. The first kappa shape index (κ1) is 25.5. The van der Waals surface area contributed by atoms with Crippen LogP contribution >= 0.6 is 0 Å². The van der Waals surface area contributed by atoms with Crippen LogP contribution in [0.5, 0.6) is 5.75 Å². The van der Waals surface area contributed by atoms with Crippen LogP contribution in [0.15, 0.2) is 12.1 Å². The lowest BCUT2D eigenvalue weighted by Crippen LogP contribution is -2.47. The maximum Gasteiger partial charge on any atom is 0.242 e. The van der Waals surface area contributed by atoms with Crippen molar-refractivity contribution in [2.24, 2.45) is 17.3 Å². The lowest BCUT2D eigenvalue weighted by Gasteiger charge is -2.51. The number of hydrogen-bond donors (Lipinski definition) is 1. The largest absolute Gasteiger partial charge is 0.543 e. The molecule has 6 heteroatoms. The minimum Gasteiger partial charge on any atom is -0.543 e. The number of nitrogens with one attached hydrogen (secondary N) is 1. The fraction of sp³-hybridized carbons (Fsp3) is 0.778. The van der Waals surface area contributed by atoms with Gasteiger partial charge >= 0.3 is 0 Å². The maximum atomic E-state index is 6.78. The smallest absolute Gasteiger partial charge is 0.242 e. The molecule has 1 aromatic carbocycles. The lowest BCUT2D eigenvalue weighted by atomic mass is 9.55. The van der Waals surface area contributed by atoms with Crippen LogP contribution in [-0.4, -0.2) is 31.0 Å². The van der Waals surface area contributed by atoms with E-state index in [2.05, 4.69) is 83.0 Å². The zero-order valence-electron chi connectivity index (χ0n) is 23.0. The minimum absolute atomic E-state index is 0.374. The van der Waals surface area contributed by atoms with Crippen LogP contribution in [0.3, 0.4) is 0 Å². The van der Waals surface area contributed by atoms with Gasteiger partial charge in [0, 0.05) is 0 Å². The van der Waals surface area contributed by atoms with Crippen LogP contribution in [0.4, 0.5) is 5.69 Å². The summed E-state index contributed by atoms with van der Waals surface area (Å²) in [5.74, 6) is 3.45. The Balaban J connectivity index is 1.67. The van der Waals surface area contributed by atoms with Gasteiger partial charge < -0.3 is 13.8 Å². The Labute approximate surface area is 206 Å². The second kappa shape index (κ2) is 8.52. The summed E-state index contributed by atoms with van der Waals surface area (Å²) in [5, 5.41) is 0. The van der Waals surface area contributed by atoms with Crippen LogP contribution in [0, 0.1) is 17.3 Å². The van der Waals surface area contributed by atoms with E-state index in [1.165, 1.54) is 44.2 Å². The molecule has 1 N–H and O–H groups in total. The van der Waals surface area contributed by atoms with Gasteiger partial charge in [-0.15, -0.1) is 0 Å². The van der Waals surface area contributed by atoms with E-state index < -0.39 is 24.9 Å². The van der Waals surface area contributed by atoms with Gasteiger partial charge in [0.15, 0.2) is 8.32 Å². The van der Waals surface area contributed by atoms with Crippen LogP contribution < -0.4 is 9.41 Å². The van der Waals surface area contributed by atoms with E-state index in [0.29, 0.717) is 17.4 Å². The number of rotatable bonds is 6. The predicted octanol–water partition coefficient (Wildman–Crippen LogP) is 8.22. The van der Waals surface area contributed by atoms with Gasteiger partial charge in [-0.25, -0.2) is 0 Å². The molecule has 3 nitrogen and oxygen atoms in total. The van der Waals surface area contributed by atoms with Gasteiger partial charge in [-0.2, -0.15) is 0 Å². The molecule has 2 fully saturated rings. The predicted molar refractivity (Wildman–Crippen MR) is 150 cm³/mol. The van der Waals surface area contributed by atoms with Gasteiger partial charge in [0.05, 0.1) is 11.8 Å². The molecule has 0 aliphatic heterocycles. The van der Waals surface area contributed by atoms with Crippen LogP contribution in [-0.2, 0) is 10.8 Å². The maximum absolute atomic E-state index is 6.78. The van der Waals surface area contributed by atoms with Crippen molar-refractivity contribution in [2.45, 2.75) is 116 Å². The van der Waals surface area contributed by atoms with Crippen molar-refractivity contribution in [2.75, 3.05) is 4.98 Å². The Bertz CT molecular complexity index is 883. The van der Waals surface area contributed by atoms with Crippen molar-refractivity contribution in [3.05, 3.63) is 23.3 Å². The molecule has 0 aromatic heterocycles. The third-order valence-corrected chi connectivity index (χ3v) is 11.0. The molecule has 33 heavy (non-hydrogen) atoms. The summed E-state index contributed by atoms with van der Waals surface area (Å²) in [7, 11) is -4.69. The van der Waals surface area contributed by atoms with E-state index in [-0.39, 0.29) is 0 Å². The van der Waals surface area contributed by atoms with E-state index in [9.17, 15) is 0 Å². The van der Waals surface area contributed by atoms with Gasteiger partial charge in [-0.05, 0) is 118 Å². The summed E-state index contributed by atoms with van der Waals surface area (Å²) in [6.45, 7) is 23.7. The molecular formula is C27H49NO2Si3. The second-order valence-electron chi connectivity index (χ2n) is 14.4. The Morgan fingerprint density at radius 1 is 0.879 bits per heavy atom. The molecule has 2 saturated carbocycles.